The van der Waals surface area contributed by atoms with Crippen molar-refractivity contribution in [1.82, 2.24) is 0 Å². The highest BCUT2D eigenvalue weighted by Gasteiger charge is 2.30. The summed E-state index contributed by atoms with van der Waals surface area (Å²) in [6, 6.07) is 10.2. The van der Waals surface area contributed by atoms with Gasteiger partial charge in [0.15, 0.2) is 0 Å². The van der Waals surface area contributed by atoms with Crippen LogP contribution in [0.4, 0.5) is 0 Å². The first-order chi connectivity index (χ1) is 11.4. The second kappa shape index (κ2) is 8.44. The molecule has 0 amide bonds. The van der Waals surface area contributed by atoms with Crippen LogP contribution in [0.25, 0.3) is 0 Å². The van der Waals surface area contributed by atoms with Gasteiger partial charge in [-0.05, 0) is 49.0 Å². The van der Waals surface area contributed by atoms with Crippen molar-refractivity contribution in [3.05, 3.63) is 48.0 Å². The number of rotatable bonds is 6. The molecule has 24 heavy (non-hydrogen) atoms. The van der Waals surface area contributed by atoms with Gasteiger partial charge in [-0.2, -0.15) is 4.99 Å². The van der Waals surface area contributed by atoms with Gasteiger partial charge in [0.1, 0.15) is 0 Å². The molecule has 0 aromatic heterocycles. The minimum absolute atomic E-state index is 0.509. The Balaban J connectivity index is 2.18. The zero-order chi connectivity index (χ0) is 17.6. The van der Waals surface area contributed by atoms with E-state index >= 15 is 0 Å². The van der Waals surface area contributed by atoms with Crippen LogP contribution in [0.2, 0.25) is 0 Å². The Kier molecular flexibility index (Phi) is 6.57. The van der Waals surface area contributed by atoms with Crippen molar-refractivity contribution in [3.8, 4) is 0 Å². The van der Waals surface area contributed by atoms with E-state index in [9.17, 15) is 4.79 Å². The van der Waals surface area contributed by atoms with Crippen molar-refractivity contribution in [3.63, 3.8) is 0 Å². The number of allylic oxidation sites excluding steroid dienone is 1. The molecule has 0 unspecified atom stereocenters. The minimum Gasteiger partial charge on any atom is -0.211 e. The van der Waals surface area contributed by atoms with E-state index in [2.05, 4.69) is 50.0 Å². The maximum atomic E-state index is 11.0. The molecule has 2 heteroatoms. The van der Waals surface area contributed by atoms with Crippen molar-refractivity contribution in [2.45, 2.75) is 58.9 Å². The van der Waals surface area contributed by atoms with Gasteiger partial charge in [0.05, 0.1) is 5.54 Å². The van der Waals surface area contributed by atoms with E-state index in [0.717, 1.165) is 18.3 Å². The predicted octanol–water partition coefficient (Wildman–Crippen LogP) is 5.59. The molecule has 1 saturated carbocycles. The van der Waals surface area contributed by atoms with Crippen LogP contribution in [-0.4, -0.2) is 11.6 Å². The average Bonchev–Trinajstić information content (AvgIpc) is 2.54. The van der Waals surface area contributed by atoms with Crippen molar-refractivity contribution in [2.24, 2.45) is 28.7 Å². The summed E-state index contributed by atoms with van der Waals surface area (Å²) in [5, 5.41) is 0. The standard InChI is InChI=1S/C22H31NO/c1-17(2)21-11-10-18(3)14-20(21)12-13-22(4,23-16-24)15-19-8-6-5-7-9-19/h5-9,12-13,17-18,20-21H,10-11,14-15H2,1-4H3/t18-,20-,21+,22+/m1/s1. The smallest absolute Gasteiger partial charge is 0.211 e. The molecular formula is C22H31NO. The zero-order valence-corrected chi connectivity index (χ0v) is 15.5. The van der Waals surface area contributed by atoms with E-state index in [0.29, 0.717) is 11.8 Å². The number of hydrogen-bond acceptors (Lipinski definition) is 2. The van der Waals surface area contributed by atoms with Gasteiger partial charge in [0.25, 0.3) is 0 Å². The van der Waals surface area contributed by atoms with Crippen molar-refractivity contribution in [2.75, 3.05) is 0 Å². The molecule has 0 N–H and O–H groups in total. The Labute approximate surface area is 147 Å². The first-order valence-corrected chi connectivity index (χ1v) is 9.26. The summed E-state index contributed by atoms with van der Waals surface area (Å²) >= 11 is 0. The number of carbonyl (C=O) groups excluding carboxylic acids is 1. The van der Waals surface area contributed by atoms with Gasteiger partial charge in [0.2, 0.25) is 6.08 Å². The number of hydrogen-bond donors (Lipinski definition) is 0. The topological polar surface area (TPSA) is 29.4 Å². The monoisotopic (exact) mass is 325 g/mol. The first kappa shape index (κ1) is 18.7. The molecule has 1 aliphatic carbocycles. The van der Waals surface area contributed by atoms with E-state index in [-0.39, 0.29) is 0 Å². The molecule has 0 heterocycles. The molecule has 0 bridgehead atoms. The highest BCUT2D eigenvalue weighted by atomic mass is 16.1. The van der Waals surface area contributed by atoms with Gasteiger partial charge < -0.3 is 0 Å². The molecule has 1 fully saturated rings. The number of isocyanates is 1. The normalized spacial score (nSPS) is 27.0. The quantitative estimate of drug-likeness (QED) is 0.381. The fraction of sp³-hybridized carbons (Fsp3) is 0.591. The van der Waals surface area contributed by atoms with E-state index in [4.69, 9.17) is 0 Å². The van der Waals surface area contributed by atoms with Crippen LogP contribution in [0.3, 0.4) is 0 Å². The van der Waals surface area contributed by atoms with E-state index in [1.54, 1.807) is 6.08 Å². The Morgan fingerprint density at radius 1 is 1.29 bits per heavy atom. The third-order valence-electron chi connectivity index (χ3n) is 5.48. The molecule has 0 spiro atoms. The lowest BCUT2D eigenvalue weighted by molar-refractivity contribution is 0.178. The predicted molar refractivity (Wildman–Crippen MR) is 101 cm³/mol. The molecule has 2 rings (SSSR count). The Morgan fingerprint density at radius 2 is 2.00 bits per heavy atom. The molecule has 1 aromatic carbocycles. The Hall–Kier alpha value is -1.66. The molecule has 2 nitrogen and oxygen atoms in total. The lowest BCUT2D eigenvalue weighted by atomic mass is 9.69. The number of nitrogens with zero attached hydrogens (tertiary/aromatic N) is 1. The van der Waals surface area contributed by atoms with Crippen LogP contribution in [0, 0.1) is 23.7 Å². The number of aliphatic imine (C=N–C) groups is 1. The van der Waals surface area contributed by atoms with Crippen molar-refractivity contribution >= 4 is 6.08 Å². The molecule has 1 aliphatic rings. The van der Waals surface area contributed by atoms with Gasteiger partial charge in [-0.25, -0.2) is 4.79 Å². The summed E-state index contributed by atoms with van der Waals surface area (Å²) in [5.74, 6) is 2.80. The Morgan fingerprint density at radius 3 is 2.62 bits per heavy atom. The maximum Gasteiger partial charge on any atom is 0.235 e. The minimum atomic E-state index is -0.509. The molecule has 0 aliphatic heterocycles. The summed E-state index contributed by atoms with van der Waals surface area (Å²) in [4.78, 5) is 15.1. The summed E-state index contributed by atoms with van der Waals surface area (Å²) in [6.45, 7) is 9.03. The summed E-state index contributed by atoms with van der Waals surface area (Å²) in [5.41, 5.74) is 0.687. The van der Waals surface area contributed by atoms with Crippen LogP contribution < -0.4 is 0 Å². The van der Waals surface area contributed by atoms with Gasteiger partial charge in [-0.1, -0.05) is 69.7 Å². The molecule has 130 valence electrons. The van der Waals surface area contributed by atoms with Crippen LogP contribution in [0.15, 0.2) is 47.5 Å². The fourth-order valence-electron chi connectivity index (χ4n) is 4.08. The lowest BCUT2D eigenvalue weighted by Gasteiger charge is -2.36. The fourth-order valence-corrected chi connectivity index (χ4v) is 4.08. The highest BCUT2D eigenvalue weighted by molar-refractivity contribution is 5.37. The van der Waals surface area contributed by atoms with Crippen LogP contribution >= 0.6 is 0 Å². The maximum absolute atomic E-state index is 11.0. The van der Waals surface area contributed by atoms with E-state index in [1.807, 2.05) is 25.1 Å². The molecule has 0 radical (unpaired) electrons. The largest absolute Gasteiger partial charge is 0.235 e. The van der Waals surface area contributed by atoms with E-state index < -0.39 is 5.54 Å². The van der Waals surface area contributed by atoms with E-state index in [1.165, 1.54) is 24.8 Å². The zero-order valence-electron chi connectivity index (χ0n) is 15.5. The Bertz CT molecular complexity index is 585. The third kappa shape index (κ3) is 5.18. The summed E-state index contributed by atoms with van der Waals surface area (Å²) in [7, 11) is 0. The van der Waals surface area contributed by atoms with Crippen LogP contribution in [0.5, 0.6) is 0 Å². The second-order valence-electron chi connectivity index (χ2n) is 8.07. The molecule has 4 atom stereocenters. The lowest BCUT2D eigenvalue weighted by Crippen LogP contribution is -2.28. The summed E-state index contributed by atoms with van der Waals surface area (Å²) < 4.78 is 0. The van der Waals surface area contributed by atoms with Gasteiger partial charge in [-0.3, -0.25) is 0 Å². The molecular weight excluding hydrogens is 294 g/mol. The highest BCUT2D eigenvalue weighted by Crippen LogP contribution is 2.39. The average molecular weight is 325 g/mol. The van der Waals surface area contributed by atoms with Crippen molar-refractivity contribution in [1.29, 1.82) is 0 Å². The van der Waals surface area contributed by atoms with Gasteiger partial charge in [0, 0.05) is 6.42 Å². The second-order valence-corrected chi connectivity index (χ2v) is 8.07. The van der Waals surface area contributed by atoms with Gasteiger partial charge >= 0.3 is 0 Å². The molecule has 0 saturated heterocycles. The van der Waals surface area contributed by atoms with Crippen molar-refractivity contribution < 1.29 is 4.79 Å². The first-order valence-electron chi connectivity index (χ1n) is 9.26. The number of benzene rings is 1. The van der Waals surface area contributed by atoms with Gasteiger partial charge in [-0.15, -0.1) is 0 Å². The summed E-state index contributed by atoms with van der Waals surface area (Å²) in [6.07, 6.45) is 10.9. The third-order valence-corrected chi connectivity index (χ3v) is 5.48. The van der Waals surface area contributed by atoms with Crippen LogP contribution in [-0.2, 0) is 11.2 Å². The molecule has 1 aromatic rings. The van der Waals surface area contributed by atoms with Crippen LogP contribution in [0.1, 0.15) is 52.5 Å². The SMILES string of the molecule is CC(C)[C@@H]1CC[C@@H](C)C[C@H]1C=C[C@@](C)(Cc1ccccc1)N=C=O.